The summed E-state index contributed by atoms with van der Waals surface area (Å²) in [6, 6.07) is 0.277. The van der Waals surface area contributed by atoms with E-state index in [0.29, 0.717) is 0 Å². The van der Waals surface area contributed by atoms with Crippen molar-refractivity contribution in [3.05, 3.63) is 0 Å². The van der Waals surface area contributed by atoms with Crippen LogP contribution in [0, 0.1) is 5.92 Å². The third kappa shape index (κ3) is 2.71. The van der Waals surface area contributed by atoms with Gasteiger partial charge >= 0.3 is 5.97 Å². The Balaban J connectivity index is 2.44. The summed E-state index contributed by atoms with van der Waals surface area (Å²) < 4.78 is 0. The topological polar surface area (TPSA) is 40.5 Å². The van der Waals surface area contributed by atoms with Gasteiger partial charge in [0.05, 0.1) is 5.92 Å². The third-order valence-corrected chi connectivity index (χ3v) is 3.23. The Bertz CT molecular complexity index is 194. The van der Waals surface area contributed by atoms with Gasteiger partial charge in [-0.25, -0.2) is 0 Å². The van der Waals surface area contributed by atoms with Crippen molar-refractivity contribution in [1.82, 2.24) is 4.90 Å². The first-order valence-corrected chi connectivity index (χ1v) is 5.59. The number of aliphatic carboxylic acids is 1. The van der Waals surface area contributed by atoms with Crippen molar-refractivity contribution in [3.8, 4) is 0 Å². The molecule has 3 heteroatoms. The maximum Gasteiger partial charge on any atom is 0.308 e. The number of carbonyl (C=O) groups is 1. The molecular weight excluding hydrogens is 178 g/mol. The van der Waals surface area contributed by atoms with Crippen molar-refractivity contribution < 1.29 is 9.90 Å². The number of carboxylic acid groups (broad SMARTS) is 1. The second-order valence-electron chi connectivity index (χ2n) is 4.28. The zero-order chi connectivity index (χ0) is 10.6. The molecule has 0 spiro atoms. The molecule has 0 bridgehead atoms. The Morgan fingerprint density at radius 2 is 2.21 bits per heavy atom. The molecule has 82 valence electrons. The number of nitrogens with zero attached hydrogens (tertiary/aromatic N) is 1. The first kappa shape index (κ1) is 11.5. The van der Waals surface area contributed by atoms with Crippen LogP contribution in [0.3, 0.4) is 0 Å². The summed E-state index contributed by atoms with van der Waals surface area (Å²) in [5.74, 6) is -0.743. The van der Waals surface area contributed by atoms with E-state index in [1.807, 2.05) is 0 Å². The number of hydrogen-bond donors (Lipinski definition) is 1. The lowest BCUT2D eigenvalue weighted by atomic mass is 10.0. The largest absolute Gasteiger partial charge is 0.481 e. The van der Waals surface area contributed by atoms with Crippen molar-refractivity contribution in [2.24, 2.45) is 5.92 Å². The van der Waals surface area contributed by atoms with Crippen LogP contribution in [0.5, 0.6) is 0 Å². The Hall–Kier alpha value is -0.570. The molecule has 1 aliphatic carbocycles. The van der Waals surface area contributed by atoms with Gasteiger partial charge in [-0.1, -0.05) is 19.8 Å². The zero-order valence-corrected chi connectivity index (χ0v) is 9.20. The summed E-state index contributed by atoms with van der Waals surface area (Å²) in [7, 11) is 2.06. The SMILES string of the molecule is CCCCN(C)[C@H]1CCC[C@H]1C(=O)O. The summed E-state index contributed by atoms with van der Waals surface area (Å²) in [5.41, 5.74) is 0. The van der Waals surface area contributed by atoms with Crippen LogP contribution < -0.4 is 0 Å². The Kier molecular flexibility index (Phi) is 4.39. The highest BCUT2D eigenvalue weighted by Crippen LogP contribution is 2.29. The zero-order valence-electron chi connectivity index (χ0n) is 9.20. The van der Waals surface area contributed by atoms with Crippen LogP contribution in [0.15, 0.2) is 0 Å². The third-order valence-electron chi connectivity index (χ3n) is 3.23. The lowest BCUT2D eigenvalue weighted by Crippen LogP contribution is -2.38. The average Bonchev–Trinajstić information content (AvgIpc) is 2.62. The van der Waals surface area contributed by atoms with Gasteiger partial charge in [-0.05, 0) is 32.9 Å². The van der Waals surface area contributed by atoms with Gasteiger partial charge in [-0.3, -0.25) is 4.79 Å². The van der Waals surface area contributed by atoms with Crippen LogP contribution >= 0.6 is 0 Å². The van der Waals surface area contributed by atoms with E-state index in [1.54, 1.807) is 0 Å². The summed E-state index contributed by atoms with van der Waals surface area (Å²) in [6.07, 6.45) is 5.32. The molecule has 2 atom stereocenters. The van der Waals surface area contributed by atoms with Gasteiger partial charge in [0.2, 0.25) is 0 Å². The molecular formula is C11H21NO2. The molecule has 0 aromatic rings. The van der Waals surface area contributed by atoms with E-state index in [9.17, 15) is 4.79 Å². The smallest absolute Gasteiger partial charge is 0.308 e. The fraction of sp³-hybridized carbons (Fsp3) is 0.909. The summed E-state index contributed by atoms with van der Waals surface area (Å²) in [5, 5.41) is 9.03. The van der Waals surface area contributed by atoms with Crippen LogP contribution in [-0.2, 0) is 4.79 Å². The molecule has 1 fully saturated rings. The highest BCUT2D eigenvalue weighted by molar-refractivity contribution is 5.71. The fourth-order valence-corrected chi connectivity index (χ4v) is 2.33. The summed E-state index contributed by atoms with van der Waals surface area (Å²) in [4.78, 5) is 13.2. The molecule has 1 rings (SSSR count). The van der Waals surface area contributed by atoms with Gasteiger partial charge in [0.15, 0.2) is 0 Å². The van der Waals surface area contributed by atoms with E-state index in [4.69, 9.17) is 5.11 Å². The van der Waals surface area contributed by atoms with E-state index < -0.39 is 5.97 Å². The molecule has 0 aromatic heterocycles. The standard InChI is InChI=1S/C11H21NO2/c1-3-4-8-12(2)10-7-5-6-9(10)11(13)14/h9-10H,3-8H2,1-2H3,(H,13,14)/t9-,10+/m1/s1. The van der Waals surface area contributed by atoms with Crippen molar-refractivity contribution in [2.45, 2.75) is 45.1 Å². The number of carboxylic acids is 1. The van der Waals surface area contributed by atoms with Gasteiger partial charge in [-0.2, -0.15) is 0 Å². The molecule has 14 heavy (non-hydrogen) atoms. The molecule has 0 heterocycles. The van der Waals surface area contributed by atoms with Gasteiger partial charge in [0.25, 0.3) is 0 Å². The second-order valence-corrected chi connectivity index (χ2v) is 4.28. The average molecular weight is 199 g/mol. The monoisotopic (exact) mass is 199 g/mol. The molecule has 1 saturated carbocycles. The maximum atomic E-state index is 11.0. The molecule has 0 aliphatic heterocycles. The van der Waals surface area contributed by atoms with Crippen molar-refractivity contribution in [1.29, 1.82) is 0 Å². The number of unbranched alkanes of at least 4 members (excludes halogenated alkanes) is 1. The minimum Gasteiger partial charge on any atom is -0.481 e. The molecule has 0 aromatic carbocycles. The minimum absolute atomic E-state index is 0.128. The van der Waals surface area contributed by atoms with Crippen LogP contribution in [-0.4, -0.2) is 35.6 Å². The first-order valence-electron chi connectivity index (χ1n) is 5.59. The Morgan fingerprint density at radius 1 is 1.50 bits per heavy atom. The van der Waals surface area contributed by atoms with Gasteiger partial charge in [0, 0.05) is 6.04 Å². The highest BCUT2D eigenvalue weighted by atomic mass is 16.4. The molecule has 0 amide bonds. The van der Waals surface area contributed by atoms with Crippen molar-refractivity contribution >= 4 is 5.97 Å². The molecule has 1 N–H and O–H groups in total. The van der Waals surface area contributed by atoms with Crippen molar-refractivity contribution in [2.75, 3.05) is 13.6 Å². The lowest BCUT2D eigenvalue weighted by Gasteiger charge is -2.27. The van der Waals surface area contributed by atoms with Gasteiger partial charge in [0.1, 0.15) is 0 Å². The predicted molar refractivity (Wildman–Crippen MR) is 56.3 cm³/mol. The van der Waals surface area contributed by atoms with Gasteiger partial charge in [-0.15, -0.1) is 0 Å². The van der Waals surface area contributed by atoms with E-state index >= 15 is 0 Å². The maximum absolute atomic E-state index is 11.0. The van der Waals surface area contributed by atoms with Gasteiger partial charge < -0.3 is 10.0 Å². The minimum atomic E-state index is -0.615. The molecule has 0 unspecified atom stereocenters. The van der Waals surface area contributed by atoms with E-state index in [-0.39, 0.29) is 12.0 Å². The van der Waals surface area contributed by atoms with Crippen LogP contribution in [0.2, 0.25) is 0 Å². The molecule has 3 nitrogen and oxygen atoms in total. The van der Waals surface area contributed by atoms with Crippen LogP contribution in [0.1, 0.15) is 39.0 Å². The Labute approximate surface area is 86.1 Å². The van der Waals surface area contributed by atoms with E-state index in [0.717, 1.165) is 25.8 Å². The molecule has 0 radical (unpaired) electrons. The Morgan fingerprint density at radius 3 is 2.79 bits per heavy atom. The normalized spacial score (nSPS) is 27.1. The van der Waals surface area contributed by atoms with Crippen LogP contribution in [0.25, 0.3) is 0 Å². The number of rotatable bonds is 5. The molecule has 0 saturated heterocycles. The van der Waals surface area contributed by atoms with Crippen LogP contribution in [0.4, 0.5) is 0 Å². The molecule has 1 aliphatic rings. The highest BCUT2D eigenvalue weighted by Gasteiger charge is 2.34. The fourth-order valence-electron chi connectivity index (χ4n) is 2.33. The van der Waals surface area contributed by atoms with E-state index in [2.05, 4.69) is 18.9 Å². The first-order chi connectivity index (χ1) is 6.66. The predicted octanol–water partition coefficient (Wildman–Crippen LogP) is 1.97. The summed E-state index contributed by atoms with van der Waals surface area (Å²) >= 11 is 0. The lowest BCUT2D eigenvalue weighted by molar-refractivity contribution is -0.143. The number of hydrogen-bond acceptors (Lipinski definition) is 2. The van der Waals surface area contributed by atoms with E-state index in [1.165, 1.54) is 12.8 Å². The second kappa shape index (κ2) is 5.35. The summed E-state index contributed by atoms with van der Waals surface area (Å²) in [6.45, 7) is 3.20. The van der Waals surface area contributed by atoms with Crippen molar-refractivity contribution in [3.63, 3.8) is 0 Å². The quantitative estimate of drug-likeness (QED) is 0.736.